The molecular formula is C11H13NO. The number of benzene rings is 1. The third-order valence-electron chi connectivity index (χ3n) is 3.23. The predicted octanol–water partition coefficient (Wildman–Crippen LogP) is 1.70. The van der Waals surface area contributed by atoms with Crippen LogP contribution < -0.4 is 4.90 Å². The fourth-order valence-electron chi connectivity index (χ4n) is 2.63. The van der Waals surface area contributed by atoms with Gasteiger partial charge in [-0.25, -0.2) is 0 Å². The predicted molar refractivity (Wildman–Crippen MR) is 51.8 cm³/mol. The first-order valence-corrected chi connectivity index (χ1v) is 4.91. The average molecular weight is 175 g/mol. The molecule has 1 N–H and O–H groups in total. The molecule has 68 valence electrons. The van der Waals surface area contributed by atoms with Gasteiger partial charge in [0.25, 0.3) is 0 Å². The van der Waals surface area contributed by atoms with Crippen molar-refractivity contribution in [3.8, 4) is 0 Å². The van der Waals surface area contributed by atoms with Crippen LogP contribution in [0.5, 0.6) is 0 Å². The van der Waals surface area contributed by atoms with Crippen molar-refractivity contribution in [2.45, 2.75) is 25.0 Å². The van der Waals surface area contributed by atoms with Gasteiger partial charge in [-0.1, -0.05) is 18.2 Å². The van der Waals surface area contributed by atoms with Crippen molar-refractivity contribution < 1.29 is 5.11 Å². The lowest BCUT2D eigenvalue weighted by molar-refractivity contribution is 0.159. The van der Waals surface area contributed by atoms with Crippen molar-refractivity contribution in [1.29, 1.82) is 0 Å². The van der Waals surface area contributed by atoms with E-state index < -0.39 is 0 Å². The summed E-state index contributed by atoms with van der Waals surface area (Å²) in [4.78, 5) is 2.35. The van der Waals surface area contributed by atoms with E-state index >= 15 is 0 Å². The monoisotopic (exact) mass is 175 g/mol. The number of rotatable bonds is 0. The third-order valence-corrected chi connectivity index (χ3v) is 3.23. The fourth-order valence-corrected chi connectivity index (χ4v) is 2.63. The van der Waals surface area contributed by atoms with Gasteiger partial charge in [0, 0.05) is 17.8 Å². The van der Waals surface area contributed by atoms with E-state index in [9.17, 15) is 5.11 Å². The maximum atomic E-state index is 10.0. The van der Waals surface area contributed by atoms with Gasteiger partial charge >= 0.3 is 0 Å². The van der Waals surface area contributed by atoms with Crippen molar-refractivity contribution >= 4 is 5.69 Å². The summed E-state index contributed by atoms with van der Waals surface area (Å²) in [5.41, 5.74) is 2.37. The van der Waals surface area contributed by atoms with Crippen LogP contribution in [0.3, 0.4) is 0 Å². The molecule has 1 aromatic rings. The highest BCUT2D eigenvalue weighted by Gasteiger charge is 2.39. The van der Waals surface area contributed by atoms with Crippen molar-refractivity contribution in [2.75, 3.05) is 11.4 Å². The van der Waals surface area contributed by atoms with Crippen LogP contribution >= 0.6 is 0 Å². The smallest absolute Gasteiger partial charge is 0.101 e. The molecule has 2 heterocycles. The molecule has 2 unspecified atom stereocenters. The topological polar surface area (TPSA) is 23.5 Å². The Morgan fingerprint density at radius 1 is 1.31 bits per heavy atom. The standard InChI is InChI=1S/C11H13NO/c13-11-8-4-1-2-5-9(8)12-7-3-6-10(11)12/h1-2,4-5,10-11,13H,3,6-7H2. The lowest BCUT2D eigenvalue weighted by atomic mass is 10.0. The van der Waals surface area contributed by atoms with E-state index in [2.05, 4.69) is 11.0 Å². The lowest BCUT2D eigenvalue weighted by Crippen LogP contribution is -2.26. The van der Waals surface area contributed by atoms with Crippen LogP contribution in [0.4, 0.5) is 5.69 Å². The van der Waals surface area contributed by atoms with Crippen LogP contribution in [0.1, 0.15) is 24.5 Å². The van der Waals surface area contributed by atoms with Crippen molar-refractivity contribution in [1.82, 2.24) is 0 Å². The average Bonchev–Trinajstić information content (AvgIpc) is 2.72. The summed E-state index contributed by atoms with van der Waals surface area (Å²) in [6.45, 7) is 1.11. The molecule has 0 amide bonds. The summed E-state index contributed by atoms with van der Waals surface area (Å²) in [5, 5.41) is 10.0. The van der Waals surface area contributed by atoms with Crippen molar-refractivity contribution in [2.24, 2.45) is 0 Å². The number of anilines is 1. The maximum absolute atomic E-state index is 10.0. The Morgan fingerprint density at radius 2 is 2.15 bits per heavy atom. The first-order chi connectivity index (χ1) is 6.38. The highest BCUT2D eigenvalue weighted by atomic mass is 16.3. The molecule has 1 aromatic carbocycles. The Kier molecular flexibility index (Phi) is 1.41. The Bertz CT molecular complexity index is 337. The van der Waals surface area contributed by atoms with E-state index in [1.165, 1.54) is 12.1 Å². The normalized spacial score (nSPS) is 30.4. The van der Waals surface area contributed by atoms with Gasteiger partial charge in [0.2, 0.25) is 0 Å². The van der Waals surface area contributed by atoms with Crippen LogP contribution in [-0.4, -0.2) is 17.7 Å². The highest BCUT2D eigenvalue weighted by molar-refractivity contribution is 5.61. The van der Waals surface area contributed by atoms with Crippen LogP contribution in [0.25, 0.3) is 0 Å². The number of aliphatic hydroxyl groups is 1. The summed E-state index contributed by atoms with van der Waals surface area (Å²) < 4.78 is 0. The summed E-state index contributed by atoms with van der Waals surface area (Å²) in [5.74, 6) is 0. The molecule has 0 radical (unpaired) electrons. The number of nitrogens with zero attached hydrogens (tertiary/aromatic N) is 1. The van der Waals surface area contributed by atoms with Crippen LogP contribution in [-0.2, 0) is 0 Å². The lowest BCUT2D eigenvalue weighted by Gasteiger charge is -2.19. The molecule has 2 aliphatic heterocycles. The molecule has 13 heavy (non-hydrogen) atoms. The fraction of sp³-hybridized carbons (Fsp3) is 0.455. The van der Waals surface area contributed by atoms with Crippen LogP contribution in [0.2, 0.25) is 0 Å². The molecule has 0 aromatic heterocycles. The second-order valence-corrected chi connectivity index (χ2v) is 3.91. The zero-order valence-electron chi connectivity index (χ0n) is 7.48. The molecule has 0 saturated carbocycles. The summed E-state index contributed by atoms with van der Waals surface area (Å²) in [7, 11) is 0. The number of para-hydroxylation sites is 1. The van der Waals surface area contributed by atoms with Gasteiger partial charge in [-0.3, -0.25) is 0 Å². The van der Waals surface area contributed by atoms with Gasteiger partial charge in [0.15, 0.2) is 0 Å². The summed E-state index contributed by atoms with van der Waals surface area (Å²) in [6, 6.07) is 8.57. The highest BCUT2D eigenvalue weighted by Crippen LogP contribution is 2.43. The quantitative estimate of drug-likeness (QED) is 0.648. The van der Waals surface area contributed by atoms with Gasteiger partial charge in [-0.15, -0.1) is 0 Å². The zero-order valence-corrected chi connectivity index (χ0v) is 7.48. The molecule has 1 fully saturated rings. The SMILES string of the molecule is OC1c2ccccc2N2CCCC12. The molecule has 1 saturated heterocycles. The van der Waals surface area contributed by atoms with Crippen molar-refractivity contribution in [3.05, 3.63) is 29.8 Å². The van der Waals surface area contributed by atoms with E-state index in [1.54, 1.807) is 0 Å². The molecule has 2 aliphatic rings. The van der Waals surface area contributed by atoms with E-state index in [1.807, 2.05) is 18.2 Å². The Labute approximate surface area is 77.8 Å². The van der Waals surface area contributed by atoms with Gasteiger partial charge < -0.3 is 10.0 Å². The maximum Gasteiger partial charge on any atom is 0.101 e. The minimum absolute atomic E-state index is 0.251. The first kappa shape index (κ1) is 7.39. The van der Waals surface area contributed by atoms with Crippen LogP contribution in [0, 0.1) is 0 Å². The largest absolute Gasteiger partial charge is 0.386 e. The first-order valence-electron chi connectivity index (χ1n) is 4.91. The minimum atomic E-state index is -0.251. The van der Waals surface area contributed by atoms with Gasteiger partial charge in [-0.2, -0.15) is 0 Å². The number of hydrogen-bond acceptors (Lipinski definition) is 2. The van der Waals surface area contributed by atoms with E-state index in [0.717, 1.165) is 18.5 Å². The number of hydrogen-bond donors (Lipinski definition) is 1. The van der Waals surface area contributed by atoms with Gasteiger partial charge in [0.05, 0.1) is 6.04 Å². The second-order valence-electron chi connectivity index (χ2n) is 3.91. The molecule has 2 heteroatoms. The zero-order chi connectivity index (χ0) is 8.84. The Hall–Kier alpha value is -1.02. The molecule has 2 atom stereocenters. The molecule has 3 rings (SSSR count). The van der Waals surface area contributed by atoms with Gasteiger partial charge in [-0.05, 0) is 18.9 Å². The number of aliphatic hydroxyl groups excluding tert-OH is 1. The van der Waals surface area contributed by atoms with E-state index in [-0.39, 0.29) is 6.10 Å². The molecular weight excluding hydrogens is 162 g/mol. The Morgan fingerprint density at radius 3 is 3.08 bits per heavy atom. The van der Waals surface area contributed by atoms with E-state index in [0.29, 0.717) is 6.04 Å². The number of fused-ring (bicyclic) bond motifs is 3. The molecule has 0 aliphatic carbocycles. The summed E-state index contributed by atoms with van der Waals surface area (Å²) >= 11 is 0. The van der Waals surface area contributed by atoms with Crippen molar-refractivity contribution in [3.63, 3.8) is 0 Å². The van der Waals surface area contributed by atoms with E-state index in [4.69, 9.17) is 0 Å². The second kappa shape index (κ2) is 2.48. The molecule has 2 nitrogen and oxygen atoms in total. The van der Waals surface area contributed by atoms with Gasteiger partial charge in [0.1, 0.15) is 6.10 Å². The minimum Gasteiger partial charge on any atom is -0.386 e. The molecule has 0 spiro atoms. The third kappa shape index (κ3) is 0.866. The Balaban J connectivity index is 2.13. The molecule has 0 bridgehead atoms. The summed E-state index contributed by atoms with van der Waals surface area (Å²) in [6.07, 6.45) is 2.10. The van der Waals surface area contributed by atoms with Crippen LogP contribution in [0.15, 0.2) is 24.3 Å².